The summed E-state index contributed by atoms with van der Waals surface area (Å²) in [7, 11) is 2.00. The van der Waals surface area contributed by atoms with Gasteiger partial charge in [-0.25, -0.2) is 0 Å². The third-order valence-corrected chi connectivity index (χ3v) is 3.18. The molecule has 0 spiro atoms. The normalized spacial score (nSPS) is 10.2. The van der Waals surface area contributed by atoms with Gasteiger partial charge in [-0.2, -0.15) is 0 Å². The molecule has 0 saturated heterocycles. The van der Waals surface area contributed by atoms with E-state index >= 15 is 0 Å². The highest BCUT2D eigenvalue weighted by Gasteiger charge is 2.06. The molecule has 21 heavy (non-hydrogen) atoms. The number of para-hydroxylation sites is 4. The summed E-state index contributed by atoms with van der Waals surface area (Å²) in [5.74, 6) is 1.55. The minimum atomic E-state index is 0.564. The maximum Gasteiger partial charge on any atom is 0.161 e. The molecule has 4 heteroatoms. The molecular formula is C17H22N2O2. The molecule has 112 valence electrons. The molecule has 0 heterocycles. The molecule has 0 aromatic heterocycles. The number of hydrogen-bond acceptors (Lipinski definition) is 4. The first-order valence-corrected chi connectivity index (χ1v) is 7.12. The van der Waals surface area contributed by atoms with Gasteiger partial charge >= 0.3 is 0 Å². The van der Waals surface area contributed by atoms with Crippen molar-refractivity contribution in [1.29, 1.82) is 0 Å². The van der Waals surface area contributed by atoms with Crippen molar-refractivity contribution in [2.45, 2.75) is 6.92 Å². The maximum atomic E-state index is 5.97. The van der Waals surface area contributed by atoms with Gasteiger partial charge < -0.3 is 20.1 Å². The number of nitrogens with two attached hydrogens (primary N) is 1. The van der Waals surface area contributed by atoms with Crippen LogP contribution in [0.3, 0.4) is 0 Å². The fourth-order valence-corrected chi connectivity index (χ4v) is 2.09. The Bertz CT molecular complexity index is 572. The monoisotopic (exact) mass is 286 g/mol. The van der Waals surface area contributed by atoms with E-state index in [0.717, 1.165) is 29.4 Å². The number of nitrogens with zero attached hydrogens (tertiary/aromatic N) is 1. The van der Waals surface area contributed by atoms with Crippen LogP contribution in [0.25, 0.3) is 0 Å². The summed E-state index contributed by atoms with van der Waals surface area (Å²) < 4.78 is 11.4. The molecular weight excluding hydrogens is 264 g/mol. The van der Waals surface area contributed by atoms with Gasteiger partial charge in [0.05, 0.1) is 24.5 Å². The van der Waals surface area contributed by atoms with Crippen LogP contribution in [0.4, 0.5) is 11.4 Å². The fourth-order valence-electron chi connectivity index (χ4n) is 2.09. The molecule has 2 aromatic rings. The lowest BCUT2D eigenvalue weighted by Crippen LogP contribution is -2.24. The van der Waals surface area contributed by atoms with Crippen molar-refractivity contribution < 1.29 is 9.47 Å². The molecule has 4 nitrogen and oxygen atoms in total. The molecule has 0 radical (unpaired) electrons. The molecule has 2 aromatic carbocycles. The van der Waals surface area contributed by atoms with Crippen molar-refractivity contribution in [3.05, 3.63) is 48.5 Å². The van der Waals surface area contributed by atoms with Gasteiger partial charge in [0, 0.05) is 7.05 Å². The Morgan fingerprint density at radius 1 is 0.952 bits per heavy atom. The van der Waals surface area contributed by atoms with Crippen molar-refractivity contribution >= 4 is 11.4 Å². The lowest BCUT2D eigenvalue weighted by Gasteiger charge is -2.21. The van der Waals surface area contributed by atoms with E-state index in [4.69, 9.17) is 15.2 Å². The average Bonchev–Trinajstić information content (AvgIpc) is 2.49. The van der Waals surface area contributed by atoms with Gasteiger partial charge in [-0.1, -0.05) is 24.3 Å². The lowest BCUT2D eigenvalue weighted by molar-refractivity contribution is 0.281. The van der Waals surface area contributed by atoms with Gasteiger partial charge in [-0.05, 0) is 31.2 Å². The molecule has 0 fully saturated rings. The van der Waals surface area contributed by atoms with Crippen molar-refractivity contribution in [3.63, 3.8) is 0 Å². The quantitative estimate of drug-likeness (QED) is 0.794. The third-order valence-electron chi connectivity index (χ3n) is 3.18. The summed E-state index contributed by atoms with van der Waals surface area (Å²) >= 11 is 0. The summed E-state index contributed by atoms with van der Waals surface area (Å²) in [6.07, 6.45) is 0. The highest BCUT2D eigenvalue weighted by molar-refractivity contribution is 5.66. The van der Waals surface area contributed by atoms with Crippen LogP contribution in [0.5, 0.6) is 11.5 Å². The summed E-state index contributed by atoms with van der Waals surface area (Å²) in [5.41, 5.74) is 7.75. The molecule has 0 saturated carbocycles. The van der Waals surface area contributed by atoms with Gasteiger partial charge in [0.1, 0.15) is 6.61 Å². The average molecular weight is 286 g/mol. The van der Waals surface area contributed by atoms with Crippen LogP contribution in [-0.2, 0) is 0 Å². The largest absolute Gasteiger partial charge is 0.490 e. The minimum absolute atomic E-state index is 0.564. The number of hydrogen-bond donors (Lipinski definition) is 1. The van der Waals surface area contributed by atoms with E-state index in [1.54, 1.807) is 0 Å². The predicted molar refractivity (Wildman–Crippen MR) is 87.2 cm³/mol. The molecule has 0 amide bonds. The van der Waals surface area contributed by atoms with Crippen LogP contribution in [-0.4, -0.2) is 26.8 Å². The Kier molecular flexibility index (Phi) is 5.32. The minimum Gasteiger partial charge on any atom is -0.490 e. The first-order valence-electron chi connectivity index (χ1n) is 7.12. The highest BCUT2D eigenvalue weighted by Crippen LogP contribution is 2.26. The van der Waals surface area contributed by atoms with E-state index in [0.29, 0.717) is 13.2 Å². The summed E-state index contributed by atoms with van der Waals surface area (Å²) in [6, 6.07) is 15.5. The van der Waals surface area contributed by atoms with Gasteiger partial charge in [-0.15, -0.1) is 0 Å². The van der Waals surface area contributed by atoms with Crippen molar-refractivity contribution in [2.75, 3.05) is 37.4 Å². The lowest BCUT2D eigenvalue weighted by atomic mass is 10.2. The number of anilines is 2. The highest BCUT2D eigenvalue weighted by atomic mass is 16.5. The van der Waals surface area contributed by atoms with Gasteiger partial charge in [0.2, 0.25) is 0 Å². The van der Waals surface area contributed by atoms with E-state index in [9.17, 15) is 0 Å². The molecule has 0 bridgehead atoms. The maximum absolute atomic E-state index is 5.97. The second-order valence-electron chi connectivity index (χ2n) is 4.71. The zero-order chi connectivity index (χ0) is 15.1. The zero-order valence-electron chi connectivity index (χ0n) is 12.6. The van der Waals surface area contributed by atoms with Gasteiger partial charge in [-0.3, -0.25) is 0 Å². The zero-order valence-corrected chi connectivity index (χ0v) is 12.6. The number of rotatable bonds is 7. The second-order valence-corrected chi connectivity index (χ2v) is 4.71. The van der Waals surface area contributed by atoms with Crippen molar-refractivity contribution in [2.24, 2.45) is 0 Å². The molecule has 0 atom stereocenters. The van der Waals surface area contributed by atoms with Crippen LogP contribution in [0.1, 0.15) is 6.92 Å². The Balaban J connectivity index is 1.91. The molecule has 2 N–H and O–H groups in total. The standard InChI is InChI=1S/C17H22N2O2/c1-3-20-16-10-6-7-11-17(16)21-13-12-19(2)15-9-5-4-8-14(15)18/h4-11H,3,12-13,18H2,1-2H3. The third kappa shape index (κ3) is 4.05. The smallest absolute Gasteiger partial charge is 0.161 e. The number of ether oxygens (including phenoxy) is 2. The SMILES string of the molecule is CCOc1ccccc1OCCN(C)c1ccccc1N. The van der Waals surface area contributed by atoms with Crippen molar-refractivity contribution in [3.8, 4) is 11.5 Å². The topological polar surface area (TPSA) is 47.7 Å². The molecule has 2 rings (SSSR count). The first kappa shape index (κ1) is 15.0. The fraction of sp³-hybridized carbons (Fsp3) is 0.294. The molecule has 0 aliphatic rings. The Morgan fingerprint density at radius 2 is 1.57 bits per heavy atom. The van der Waals surface area contributed by atoms with E-state index in [-0.39, 0.29) is 0 Å². The van der Waals surface area contributed by atoms with Crippen LogP contribution in [0, 0.1) is 0 Å². The van der Waals surface area contributed by atoms with Crippen LogP contribution >= 0.6 is 0 Å². The van der Waals surface area contributed by atoms with E-state index in [2.05, 4.69) is 4.90 Å². The van der Waals surface area contributed by atoms with Crippen LogP contribution in [0.15, 0.2) is 48.5 Å². The molecule has 0 aliphatic carbocycles. The molecule has 0 aliphatic heterocycles. The second kappa shape index (κ2) is 7.43. The molecule has 0 unspecified atom stereocenters. The number of likely N-dealkylation sites (N-methyl/N-ethyl adjacent to an activating group) is 1. The van der Waals surface area contributed by atoms with Crippen LogP contribution < -0.4 is 20.1 Å². The van der Waals surface area contributed by atoms with E-state index < -0.39 is 0 Å². The Hall–Kier alpha value is -2.36. The summed E-state index contributed by atoms with van der Waals surface area (Å²) in [4.78, 5) is 2.08. The van der Waals surface area contributed by atoms with E-state index in [1.165, 1.54) is 0 Å². The van der Waals surface area contributed by atoms with Crippen molar-refractivity contribution in [1.82, 2.24) is 0 Å². The summed E-state index contributed by atoms with van der Waals surface area (Å²) in [5, 5.41) is 0. The van der Waals surface area contributed by atoms with Crippen LogP contribution in [0.2, 0.25) is 0 Å². The predicted octanol–water partition coefficient (Wildman–Crippen LogP) is 3.18. The van der Waals surface area contributed by atoms with Gasteiger partial charge in [0.15, 0.2) is 11.5 Å². The number of benzene rings is 2. The summed E-state index contributed by atoms with van der Waals surface area (Å²) in [6.45, 7) is 3.90. The number of nitrogen functional groups attached to an aromatic ring is 1. The first-order chi connectivity index (χ1) is 10.2. The Morgan fingerprint density at radius 3 is 2.24 bits per heavy atom. The van der Waals surface area contributed by atoms with E-state index in [1.807, 2.05) is 62.5 Å². The Labute approximate surface area is 126 Å². The van der Waals surface area contributed by atoms with Gasteiger partial charge in [0.25, 0.3) is 0 Å².